The third-order valence-electron chi connectivity index (χ3n) is 5.03. The summed E-state index contributed by atoms with van der Waals surface area (Å²) in [6.45, 7) is 4.43. The zero-order chi connectivity index (χ0) is 16.4. The molecule has 0 bridgehead atoms. The van der Waals surface area contributed by atoms with Crippen LogP contribution in [0.2, 0.25) is 0 Å². The van der Waals surface area contributed by atoms with Gasteiger partial charge in [-0.25, -0.2) is 0 Å². The Kier molecular flexibility index (Phi) is 4.46. The van der Waals surface area contributed by atoms with E-state index >= 15 is 0 Å². The molecule has 1 aliphatic rings. The number of phenols is 2. The minimum atomic E-state index is 0.208. The highest BCUT2D eigenvalue weighted by atomic mass is 16.5. The maximum Gasteiger partial charge on any atom is 0.123 e. The maximum absolute atomic E-state index is 9.67. The fourth-order valence-corrected chi connectivity index (χ4v) is 3.37. The van der Waals surface area contributed by atoms with Gasteiger partial charge in [0, 0.05) is 5.56 Å². The molecule has 3 heteroatoms. The van der Waals surface area contributed by atoms with Gasteiger partial charge in [0.25, 0.3) is 0 Å². The zero-order valence-corrected chi connectivity index (χ0v) is 13.7. The minimum Gasteiger partial charge on any atom is -0.508 e. The third kappa shape index (κ3) is 3.44. The maximum atomic E-state index is 9.67. The number of phenolic OH excluding ortho intramolecular Hbond substituents is 2. The summed E-state index contributed by atoms with van der Waals surface area (Å²) in [7, 11) is 0. The Morgan fingerprint density at radius 3 is 2.39 bits per heavy atom. The lowest BCUT2D eigenvalue weighted by atomic mass is 9.80. The number of aryl methyl sites for hydroxylation is 1. The molecule has 2 N–H and O–H groups in total. The van der Waals surface area contributed by atoms with E-state index in [1.54, 1.807) is 18.2 Å². The summed E-state index contributed by atoms with van der Waals surface area (Å²) in [5.74, 6) is 2.32. The molecule has 122 valence electrons. The van der Waals surface area contributed by atoms with E-state index in [2.05, 4.69) is 13.8 Å². The lowest BCUT2D eigenvalue weighted by Gasteiger charge is -2.36. The van der Waals surface area contributed by atoms with E-state index in [9.17, 15) is 10.2 Å². The number of rotatable bonds is 4. The zero-order valence-electron chi connectivity index (χ0n) is 13.7. The van der Waals surface area contributed by atoms with Crippen molar-refractivity contribution in [2.45, 2.75) is 45.1 Å². The normalized spacial score (nSPS) is 23.1. The van der Waals surface area contributed by atoms with Crippen LogP contribution in [0.1, 0.15) is 43.7 Å². The fourth-order valence-electron chi connectivity index (χ4n) is 3.37. The smallest absolute Gasteiger partial charge is 0.123 e. The molecule has 3 nitrogen and oxygen atoms in total. The van der Waals surface area contributed by atoms with Crippen molar-refractivity contribution >= 4 is 0 Å². The molecule has 1 unspecified atom stereocenters. The van der Waals surface area contributed by atoms with Crippen molar-refractivity contribution in [2.75, 3.05) is 0 Å². The van der Waals surface area contributed by atoms with Gasteiger partial charge in [0.1, 0.15) is 23.4 Å². The van der Waals surface area contributed by atoms with E-state index in [1.807, 2.05) is 24.3 Å². The fraction of sp³-hybridized carbons (Fsp3) is 0.400. The Labute approximate surface area is 137 Å². The molecule has 2 aromatic carbocycles. The van der Waals surface area contributed by atoms with Gasteiger partial charge in [-0.3, -0.25) is 0 Å². The molecule has 0 amide bonds. The second-order valence-corrected chi connectivity index (χ2v) is 6.58. The topological polar surface area (TPSA) is 49.7 Å². The molecule has 2 aromatic rings. The summed E-state index contributed by atoms with van der Waals surface area (Å²) in [6.07, 6.45) is 3.26. The average molecular weight is 312 g/mol. The van der Waals surface area contributed by atoms with Crippen LogP contribution in [-0.4, -0.2) is 16.3 Å². The first-order valence-corrected chi connectivity index (χ1v) is 8.32. The number of aromatic hydroxyl groups is 2. The van der Waals surface area contributed by atoms with Gasteiger partial charge in [-0.05, 0) is 67.0 Å². The van der Waals surface area contributed by atoms with Gasteiger partial charge in [0.15, 0.2) is 0 Å². The molecule has 1 aliphatic heterocycles. The Morgan fingerprint density at radius 1 is 0.957 bits per heavy atom. The van der Waals surface area contributed by atoms with Gasteiger partial charge in [0.2, 0.25) is 0 Å². The van der Waals surface area contributed by atoms with Crippen molar-refractivity contribution in [3.8, 4) is 17.2 Å². The highest BCUT2D eigenvalue weighted by Crippen LogP contribution is 2.42. The van der Waals surface area contributed by atoms with Crippen LogP contribution >= 0.6 is 0 Å². The average Bonchev–Trinajstić information content (AvgIpc) is 2.54. The highest BCUT2D eigenvalue weighted by Gasteiger charge is 2.32. The Hall–Kier alpha value is -2.16. The number of benzene rings is 2. The molecular formula is C20H24O3. The molecule has 0 fully saturated rings. The van der Waals surface area contributed by atoms with Crippen LogP contribution in [0.4, 0.5) is 0 Å². The first-order chi connectivity index (χ1) is 11.0. The van der Waals surface area contributed by atoms with Crippen LogP contribution < -0.4 is 4.74 Å². The second kappa shape index (κ2) is 6.53. The molecule has 1 heterocycles. The number of ether oxygens (including phenoxy) is 1. The molecule has 0 aromatic heterocycles. The van der Waals surface area contributed by atoms with Crippen LogP contribution in [0.5, 0.6) is 17.2 Å². The Balaban J connectivity index is 1.62. The van der Waals surface area contributed by atoms with E-state index < -0.39 is 0 Å². The van der Waals surface area contributed by atoms with Crippen molar-refractivity contribution in [2.24, 2.45) is 5.92 Å². The van der Waals surface area contributed by atoms with E-state index in [4.69, 9.17) is 4.74 Å². The van der Waals surface area contributed by atoms with Crippen LogP contribution in [0, 0.1) is 5.92 Å². The molecule has 0 radical (unpaired) electrons. The second-order valence-electron chi connectivity index (χ2n) is 6.58. The predicted octanol–water partition coefficient (Wildman–Crippen LogP) is 4.62. The van der Waals surface area contributed by atoms with Crippen molar-refractivity contribution in [1.82, 2.24) is 0 Å². The standard InChI is InChI=1S/C20H24O3/c1-13-14(2)19(23-20-11-10-17(22)12-18(13)20)5-3-4-15-6-8-16(21)9-7-15/h6-14,19,21-22H,3-5H2,1-2H3/t13-,14+,19?/m0/s1. The van der Waals surface area contributed by atoms with Crippen LogP contribution in [0.15, 0.2) is 42.5 Å². The summed E-state index contributed by atoms with van der Waals surface area (Å²) in [4.78, 5) is 0. The summed E-state index contributed by atoms with van der Waals surface area (Å²) in [5.41, 5.74) is 2.34. The largest absolute Gasteiger partial charge is 0.508 e. The third-order valence-corrected chi connectivity index (χ3v) is 5.03. The van der Waals surface area contributed by atoms with Crippen molar-refractivity contribution in [3.05, 3.63) is 53.6 Å². The lowest BCUT2D eigenvalue weighted by molar-refractivity contribution is 0.0957. The van der Waals surface area contributed by atoms with Crippen LogP contribution in [0.25, 0.3) is 0 Å². The quantitative estimate of drug-likeness (QED) is 0.866. The van der Waals surface area contributed by atoms with E-state index in [0.29, 0.717) is 23.3 Å². The first-order valence-electron chi connectivity index (χ1n) is 8.32. The molecule has 3 atom stereocenters. The molecule has 0 spiro atoms. The molecular weight excluding hydrogens is 288 g/mol. The van der Waals surface area contributed by atoms with Crippen LogP contribution in [-0.2, 0) is 6.42 Å². The summed E-state index contributed by atoms with van der Waals surface area (Å²) in [5, 5.41) is 19.0. The van der Waals surface area contributed by atoms with Crippen molar-refractivity contribution < 1.29 is 14.9 Å². The van der Waals surface area contributed by atoms with Gasteiger partial charge in [-0.1, -0.05) is 26.0 Å². The predicted molar refractivity (Wildman–Crippen MR) is 91.1 cm³/mol. The summed E-state index contributed by atoms with van der Waals surface area (Å²) in [6, 6.07) is 12.8. The number of hydrogen-bond donors (Lipinski definition) is 2. The van der Waals surface area contributed by atoms with Gasteiger partial charge in [-0.15, -0.1) is 0 Å². The SMILES string of the molecule is C[C@@H]1c2cc(O)ccc2OC(CCCc2ccc(O)cc2)[C@@H]1C. The van der Waals surface area contributed by atoms with E-state index in [1.165, 1.54) is 5.56 Å². The number of hydrogen-bond acceptors (Lipinski definition) is 3. The van der Waals surface area contributed by atoms with Gasteiger partial charge in [-0.2, -0.15) is 0 Å². The summed E-state index contributed by atoms with van der Waals surface area (Å²) < 4.78 is 6.18. The van der Waals surface area contributed by atoms with Gasteiger partial charge >= 0.3 is 0 Å². The summed E-state index contributed by atoms with van der Waals surface area (Å²) >= 11 is 0. The molecule has 3 rings (SSSR count). The first kappa shape index (κ1) is 15.7. The Bertz CT molecular complexity index is 663. The van der Waals surface area contributed by atoms with E-state index in [-0.39, 0.29) is 6.10 Å². The van der Waals surface area contributed by atoms with Gasteiger partial charge < -0.3 is 14.9 Å². The van der Waals surface area contributed by atoms with Crippen molar-refractivity contribution in [1.29, 1.82) is 0 Å². The van der Waals surface area contributed by atoms with Gasteiger partial charge in [0.05, 0.1) is 0 Å². The molecule has 0 saturated heterocycles. The molecule has 23 heavy (non-hydrogen) atoms. The lowest BCUT2D eigenvalue weighted by Crippen LogP contribution is -2.33. The molecule has 0 saturated carbocycles. The van der Waals surface area contributed by atoms with Crippen LogP contribution in [0.3, 0.4) is 0 Å². The number of fused-ring (bicyclic) bond motifs is 1. The van der Waals surface area contributed by atoms with E-state index in [0.717, 1.165) is 30.6 Å². The highest BCUT2D eigenvalue weighted by molar-refractivity contribution is 5.43. The monoisotopic (exact) mass is 312 g/mol. The molecule has 0 aliphatic carbocycles. The Morgan fingerprint density at radius 2 is 1.65 bits per heavy atom. The minimum absolute atomic E-state index is 0.208. The van der Waals surface area contributed by atoms with Crippen molar-refractivity contribution in [3.63, 3.8) is 0 Å².